The molecule has 3 aliphatic heterocycles. The van der Waals surface area contributed by atoms with Crippen LogP contribution in [0.15, 0.2) is 24.3 Å². The summed E-state index contributed by atoms with van der Waals surface area (Å²) in [5.74, 6) is -1.84. The maximum atomic E-state index is 13.5. The Balaban J connectivity index is 1.48. The molecule has 3 saturated heterocycles. The van der Waals surface area contributed by atoms with E-state index in [0.29, 0.717) is 38.4 Å². The summed E-state index contributed by atoms with van der Waals surface area (Å²) < 4.78 is 13.1. The number of benzene rings is 1. The van der Waals surface area contributed by atoms with E-state index in [9.17, 15) is 23.6 Å². The molecule has 2 N–H and O–H groups in total. The van der Waals surface area contributed by atoms with E-state index >= 15 is 0 Å². The predicted octanol–water partition coefficient (Wildman–Crippen LogP) is 0.127. The molecule has 0 saturated carbocycles. The van der Waals surface area contributed by atoms with E-state index in [1.54, 1.807) is 18.9 Å². The van der Waals surface area contributed by atoms with Gasteiger partial charge < -0.3 is 15.1 Å². The summed E-state index contributed by atoms with van der Waals surface area (Å²) in [5.41, 5.74) is 0.380. The van der Waals surface area contributed by atoms with Gasteiger partial charge >= 0.3 is 6.03 Å². The van der Waals surface area contributed by atoms with Crippen LogP contribution in [0.1, 0.15) is 13.3 Å². The lowest BCUT2D eigenvalue weighted by Crippen LogP contribution is -2.72. The van der Waals surface area contributed by atoms with Crippen molar-refractivity contribution >= 4 is 29.4 Å². The molecule has 0 bridgehead atoms. The Labute approximate surface area is 191 Å². The summed E-state index contributed by atoms with van der Waals surface area (Å²) in [7, 11) is 1.63. The molecule has 178 valence electrons. The van der Waals surface area contributed by atoms with Gasteiger partial charge in [0.05, 0.1) is 12.1 Å². The molecule has 5 amide bonds. The van der Waals surface area contributed by atoms with Crippen LogP contribution in [-0.2, 0) is 14.4 Å². The number of piperidine rings is 1. The number of nitrogens with one attached hydrogen (secondary N) is 2. The standard InChI is InChI=1S/C22H29FN6O4/c1-14(30)27-9-11-28(12-10-27)17-7-8-24-20-19(17)21(32)29(22(33)26(20)2)13-18(31)25-16-5-3-15(23)4-6-16/h3-6,17,19-20,24H,7-13H2,1-2H3,(H,25,31). The largest absolute Gasteiger partial charge is 0.340 e. The Morgan fingerprint density at radius 3 is 2.42 bits per heavy atom. The number of amides is 5. The smallest absolute Gasteiger partial charge is 0.328 e. The number of piperazine rings is 1. The number of carbonyl (C=O) groups excluding carboxylic acids is 4. The van der Waals surface area contributed by atoms with Gasteiger partial charge in [-0.1, -0.05) is 0 Å². The summed E-state index contributed by atoms with van der Waals surface area (Å²) in [6, 6.07) is 4.62. The lowest BCUT2D eigenvalue weighted by Gasteiger charge is -2.52. The van der Waals surface area contributed by atoms with Gasteiger partial charge in [0.15, 0.2) is 0 Å². The summed E-state index contributed by atoms with van der Waals surface area (Å²) in [6.45, 7) is 4.30. The second-order valence-electron chi connectivity index (χ2n) is 8.70. The Kier molecular flexibility index (Phi) is 6.61. The average Bonchev–Trinajstić information content (AvgIpc) is 2.81. The second kappa shape index (κ2) is 9.44. The van der Waals surface area contributed by atoms with E-state index in [1.165, 1.54) is 29.2 Å². The van der Waals surface area contributed by atoms with E-state index < -0.39 is 36.4 Å². The van der Waals surface area contributed by atoms with Crippen molar-refractivity contribution in [1.82, 2.24) is 24.9 Å². The third-order valence-corrected chi connectivity index (χ3v) is 6.71. The first-order valence-electron chi connectivity index (χ1n) is 11.1. The number of hydrogen-bond donors (Lipinski definition) is 2. The predicted molar refractivity (Wildman–Crippen MR) is 117 cm³/mol. The number of halogens is 1. The first kappa shape index (κ1) is 23.1. The normalized spacial score (nSPS) is 26.3. The molecule has 1 aromatic rings. The molecule has 4 rings (SSSR count). The molecule has 10 nitrogen and oxygen atoms in total. The highest BCUT2D eigenvalue weighted by Crippen LogP contribution is 2.31. The molecule has 0 spiro atoms. The molecule has 0 aromatic heterocycles. The van der Waals surface area contributed by atoms with Gasteiger partial charge in [-0.05, 0) is 37.2 Å². The number of nitrogens with zero attached hydrogens (tertiary/aromatic N) is 4. The Bertz CT molecular complexity index is 933. The fraction of sp³-hybridized carbons (Fsp3) is 0.545. The van der Waals surface area contributed by atoms with Gasteiger partial charge in [-0.3, -0.25) is 29.5 Å². The van der Waals surface area contributed by atoms with E-state index in [2.05, 4.69) is 15.5 Å². The zero-order valence-corrected chi connectivity index (χ0v) is 18.8. The van der Waals surface area contributed by atoms with E-state index in [1.807, 2.05) is 0 Å². The van der Waals surface area contributed by atoms with Gasteiger partial charge in [0.2, 0.25) is 17.7 Å². The van der Waals surface area contributed by atoms with Crippen LogP contribution in [0.25, 0.3) is 0 Å². The highest BCUT2D eigenvalue weighted by Gasteiger charge is 2.51. The summed E-state index contributed by atoms with van der Waals surface area (Å²) in [6.07, 6.45) is 0.274. The van der Waals surface area contributed by atoms with Crippen molar-refractivity contribution < 1.29 is 23.6 Å². The number of fused-ring (bicyclic) bond motifs is 1. The van der Waals surface area contributed by atoms with Crippen LogP contribution in [0.4, 0.5) is 14.9 Å². The van der Waals surface area contributed by atoms with Gasteiger partial charge in [-0.2, -0.15) is 0 Å². The molecule has 3 atom stereocenters. The van der Waals surface area contributed by atoms with Crippen LogP contribution in [0.5, 0.6) is 0 Å². The molecule has 3 heterocycles. The number of anilines is 1. The Morgan fingerprint density at radius 1 is 1.12 bits per heavy atom. The quantitative estimate of drug-likeness (QED) is 0.662. The first-order valence-corrected chi connectivity index (χ1v) is 11.1. The lowest BCUT2D eigenvalue weighted by molar-refractivity contribution is -0.148. The van der Waals surface area contributed by atoms with E-state index in [0.717, 1.165) is 11.3 Å². The van der Waals surface area contributed by atoms with Crippen molar-refractivity contribution in [2.45, 2.75) is 25.6 Å². The molecule has 3 unspecified atom stereocenters. The Morgan fingerprint density at radius 2 is 1.79 bits per heavy atom. The van der Waals surface area contributed by atoms with Crippen LogP contribution in [-0.4, -0.2) is 102 Å². The minimum absolute atomic E-state index is 0.0373. The molecule has 0 aliphatic carbocycles. The van der Waals surface area contributed by atoms with Crippen molar-refractivity contribution in [3.8, 4) is 0 Å². The van der Waals surface area contributed by atoms with E-state index in [4.69, 9.17) is 0 Å². The zero-order chi connectivity index (χ0) is 23.7. The van der Waals surface area contributed by atoms with Gasteiger partial charge in [0, 0.05) is 51.9 Å². The van der Waals surface area contributed by atoms with Crippen LogP contribution in [0.3, 0.4) is 0 Å². The second-order valence-corrected chi connectivity index (χ2v) is 8.70. The number of urea groups is 1. The van der Waals surface area contributed by atoms with Crippen LogP contribution in [0.2, 0.25) is 0 Å². The van der Waals surface area contributed by atoms with Crippen LogP contribution >= 0.6 is 0 Å². The molecule has 11 heteroatoms. The molecule has 3 aliphatic rings. The number of imide groups is 1. The summed E-state index contributed by atoms with van der Waals surface area (Å²) in [5, 5.41) is 5.88. The summed E-state index contributed by atoms with van der Waals surface area (Å²) >= 11 is 0. The zero-order valence-electron chi connectivity index (χ0n) is 18.8. The van der Waals surface area contributed by atoms with Crippen molar-refractivity contribution in [3.63, 3.8) is 0 Å². The number of hydrogen-bond acceptors (Lipinski definition) is 6. The summed E-state index contributed by atoms with van der Waals surface area (Å²) in [4.78, 5) is 57.1. The molecule has 3 fully saturated rings. The lowest BCUT2D eigenvalue weighted by atomic mass is 9.85. The highest BCUT2D eigenvalue weighted by molar-refractivity contribution is 6.04. The third-order valence-electron chi connectivity index (χ3n) is 6.71. The molecular formula is C22H29FN6O4. The highest BCUT2D eigenvalue weighted by atomic mass is 19.1. The van der Waals surface area contributed by atoms with Gasteiger partial charge in [-0.15, -0.1) is 0 Å². The monoisotopic (exact) mass is 460 g/mol. The van der Waals surface area contributed by atoms with Crippen molar-refractivity contribution in [1.29, 1.82) is 0 Å². The number of rotatable bonds is 4. The van der Waals surface area contributed by atoms with Gasteiger partial charge in [-0.25, -0.2) is 9.18 Å². The molecule has 33 heavy (non-hydrogen) atoms. The minimum Gasteiger partial charge on any atom is -0.340 e. The maximum Gasteiger partial charge on any atom is 0.328 e. The fourth-order valence-corrected chi connectivity index (χ4v) is 4.96. The maximum absolute atomic E-state index is 13.5. The topological polar surface area (TPSA) is 105 Å². The minimum atomic E-state index is -0.537. The van der Waals surface area contributed by atoms with Gasteiger partial charge in [0.25, 0.3) is 0 Å². The van der Waals surface area contributed by atoms with Crippen LogP contribution in [0, 0.1) is 11.7 Å². The fourth-order valence-electron chi connectivity index (χ4n) is 4.96. The van der Waals surface area contributed by atoms with Gasteiger partial charge in [0.1, 0.15) is 12.4 Å². The van der Waals surface area contributed by atoms with E-state index in [-0.39, 0.29) is 17.9 Å². The molecular weight excluding hydrogens is 431 g/mol. The molecule has 1 aromatic carbocycles. The first-order chi connectivity index (χ1) is 15.8. The molecule has 0 radical (unpaired) electrons. The SMILES string of the molecule is CC(=O)N1CCN(C2CCNC3C2C(=O)N(CC(=O)Nc2ccc(F)cc2)C(=O)N3C)CC1. The number of carbonyl (C=O) groups is 4. The Hall–Kier alpha value is -3.05. The van der Waals surface area contributed by atoms with Crippen molar-refractivity contribution in [2.75, 3.05) is 51.6 Å². The third kappa shape index (κ3) is 4.69. The van der Waals surface area contributed by atoms with Crippen LogP contribution < -0.4 is 10.6 Å². The average molecular weight is 461 g/mol. The van der Waals surface area contributed by atoms with Crippen molar-refractivity contribution in [2.24, 2.45) is 5.92 Å². The van der Waals surface area contributed by atoms with Crippen molar-refractivity contribution in [3.05, 3.63) is 30.1 Å².